The number of anilines is 1. The van der Waals surface area contributed by atoms with E-state index >= 15 is 0 Å². The molecule has 2 heterocycles. The smallest absolute Gasteiger partial charge is 0.219 e. The quantitative estimate of drug-likeness (QED) is 0.0582. The van der Waals surface area contributed by atoms with Gasteiger partial charge in [-0.05, 0) is 82.0 Å². The molecule has 3 N–H and O–H groups in total. The predicted octanol–water partition coefficient (Wildman–Crippen LogP) is 8.50. The first-order valence-corrected chi connectivity index (χ1v) is 18.3. The molecule has 0 saturated heterocycles. The lowest BCUT2D eigenvalue weighted by molar-refractivity contribution is -0.438. The fourth-order valence-electron chi connectivity index (χ4n) is 6.64. The van der Waals surface area contributed by atoms with Crippen molar-refractivity contribution in [1.82, 2.24) is 5.32 Å². The van der Waals surface area contributed by atoms with Crippen LogP contribution in [0.4, 0.5) is 11.4 Å². The fraction of sp³-hybridized carbons (Fsp3) is 0.459. The highest BCUT2D eigenvalue weighted by Gasteiger charge is 2.44. The molecular formula is C37H50N3O4S2+. The van der Waals surface area contributed by atoms with Gasteiger partial charge in [-0.25, -0.2) is 4.21 Å². The SMILES string of the molecule is CCCCNC(=O)CCCCC[N+]1=C(/C=C/C=C/C=C2\N(CC)c3ccc(SO)cc3C2(C)C)C(C)(C)c2cc(S(=O)O)ccc21. The molecular weight excluding hydrogens is 615 g/mol. The molecule has 0 aliphatic carbocycles. The van der Waals surface area contributed by atoms with Gasteiger partial charge in [-0.15, -0.1) is 0 Å². The van der Waals surface area contributed by atoms with Crippen LogP contribution >= 0.6 is 12.0 Å². The van der Waals surface area contributed by atoms with Gasteiger partial charge >= 0.3 is 0 Å². The van der Waals surface area contributed by atoms with Crippen LogP contribution in [0.3, 0.4) is 0 Å². The van der Waals surface area contributed by atoms with Crippen molar-refractivity contribution in [2.45, 2.75) is 101 Å². The Labute approximate surface area is 282 Å². The Balaban J connectivity index is 1.54. The Bertz CT molecular complexity index is 1570. The third kappa shape index (κ3) is 7.76. The molecule has 2 aliphatic rings. The molecule has 7 nitrogen and oxygen atoms in total. The van der Waals surface area contributed by atoms with Gasteiger partial charge < -0.3 is 19.3 Å². The van der Waals surface area contributed by atoms with Crippen molar-refractivity contribution in [3.8, 4) is 0 Å². The zero-order valence-electron chi connectivity index (χ0n) is 28.1. The van der Waals surface area contributed by atoms with Crippen LogP contribution in [-0.4, -0.2) is 49.1 Å². The highest BCUT2D eigenvalue weighted by atomic mass is 32.2. The number of carbonyl (C=O) groups excluding carboxylic acids is 1. The summed E-state index contributed by atoms with van der Waals surface area (Å²) in [5.41, 5.74) is 6.27. The molecule has 2 aromatic carbocycles. The van der Waals surface area contributed by atoms with Gasteiger partial charge in [0, 0.05) is 77.4 Å². The lowest BCUT2D eigenvalue weighted by Crippen LogP contribution is -2.28. The number of hydrogen-bond donors (Lipinski definition) is 3. The molecule has 46 heavy (non-hydrogen) atoms. The third-order valence-electron chi connectivity index (χ3n) is 9.22. The molecule has 2 aromatic rings. The second-order valence-corrected chi connectivity index (χ2v) is 14.7. The number of benzene rings is 2. The van der Waals surface area contributed by atoms with E-state index in [1.807, 2.05) is 18.2 Å². The van der Waals surface area contributed by atoms with Crippen molar-refractivity contribution >= 4 is 46.1 Å². The van der Waals surface area contributed by atoms with Crippen molar-refractivity contribution in [2.24, 2.45) is 0 Å². The number of allylic oxidation sites excluding steroid dienone is 6. The van der Waals surface area contributed by atoms with E-state index in [0.717, 1.165) is 85.6 Å². The molecule has 9 heteroatoms. The summed E-state index contributed by atoms with van der Waals surface area (Å²) in [5, 5.41) is 3.00. The Morgan fingerprint density at radius 2 is 1.76 bits per heavy atom. The summed E-state index contributed by atoms with van der Waals surface area (Å²) in [4.78, 5) is 15.7. The number of hydrogen-bond acceptors (Lipinski definition) is 5. The van der Waals surface area contributed by atoms with Crippen LogP contribution in [0.2, 0.25) is 0 Å². The number of likely N-dealkylation sites (N-methyl/N-ethyl adjacent to an activating group) is 1. The molecule has 1 amide bonds. The number of carbonyl (C=O) groups is 1. The van der Waals surface area contributed by atoms with Crippen LogP contribution in [-0.2, 0) is 26.7 Å². The van der Waals surface area contributed by atoms with Gasteiger partial charge in [0.2, 0.25) is 11.6 Å². The number of unbranched alkanes of at least 4 members (excludes halogenated alkanes) is 3. The van der Waals surface area contributed by atoms with Crippen LogP contribution < -0.4 is 10.2 Å². The zero-order chi connectivity index (χ0) is 33.5. The molecule has 2 aliphatic heterocycles. The second kappa shape index (κ2) is 15.7. The molecule has 1 atom stereocenters. The maximum absolute atomic E-state index is 12.1. The molecule has 0 radical (unpaired) electrons. The number of rotatable bonds is 15. The molecule has 1 unspecified atom stereocenters. The second-order valence-electron chi connectivity index (χ2n) is 13.0. The van der Waals surface area contributed by atoms with E-state index in [0.29, 0.717) is 11.3 Å². The van der Waals surface area contributed by atoms with Crippen molar-refractivity contribution in [2.75, 3.05) is 24.5 Å². The van der Waals surface area contributed by atoms with Crippen molar-refractivity contribution in [3.63, 3.8) is 0 Å². The van der Waals surface area contributed by atoms with Gasteiger partial charge in [0.25, 0.3) is 0 Å². The van der Waals surface area contributed by atoms with E-state index in [2.05, 4.69) is 98.8 Å². The van der Waals surface area contributed by atoms with E-state index < -0.39 is 11.1 Å². The number of amides is 1. The van der Waals surface area contributed by atoms with Gasteiger partial charge in [-0.3, -0.25) is 4.79 Å². The Kier molecular flexibility index (Phi) is 12.3. The predicted molar refractivity (Wildman–Crippen MR) is 192 cm³/mol. The standard InChI is InChI=1S/C37H49N3O4S2/c1-7-9-23-38-35(41)18-14-11-15-24-40-32-22-20-28(46(43)44)26-30(32)37(5,6)34(40)17-13-10-12-16-33-36(3,4)29-25-27(45-42)19-21-31(29)39(33)8-2/h10,12-13,16-17,19-22,25-26H,7-9,11,14-15,18,23-24H2,1-6H3,(H2-,38,41,42,43,44)/p+1. The van der Waals surface area contributed by atoms with Crippen LogP contribution in [0.1, 0.15) is 91.2 Å². The Hall–Kier alpha value is -2.98. The van der Waals surface area contributed by atoms with Gasteiger partial charge in [0.15, 0.2) is 16.8 Å². The average molecular weight is 665 g/mol. The first kappa shape index (κ1) is 35.9. The normalized spacial score (nSPS) is 18.2. The lowest BCUT2D eigenvalue weighted by Gasteiger charge is -2.25. The highest BCUT2D eigenvalue weighted by Crippen LogP contribution is 2.48. The van der Waals surface area contributed by atoms with Gasteiger partial charge in [0.05, 0.1) is 10.3 Å². The van der Waals surface area contributed by atoms with E-state index in [1.165, 1.54) is 16.9 Å². The summed E-state index contributed by atoms with van der Waals surface area (Å²) < 4.78 is 33.7. The lowest BCUT2D eigenvalue weighted by atomic mass is 9.81. The molecule has 0 bridgehead atoms. The van der Waals surface area contributed by atoms with Crippen LogP contribution in [0.15, 0.2) is 82.3 Å². The van der Waals surface area contributed by atoms with Crippen LogP contribution in [0.5, 0.6) is 0 Å². The molecule has 248 valence electrons. The Morgan fingerprint density at radius 3 is 2.46 bits per heavy atom. The highest BCUT2D eigenvalue weighted by molar-refractivity contribution is 7.93. The van der Waals surface area contributed by atoms with Crippen LogP contribution in [0.25, 0.3) is 0 Å². The summed E-state index contributed by atoms with van der Waals surface area (Å²) in [6.07, 6.45) is 15.9. The van der Waals surface area contributed by atoms with Gasteiger partial charge in [-0.2, -0.15) is 4.58 Å². The fourth-order valence-corrected chi connectivity index (χ4v) is 7.34. The molecule has 0 spiro atoms. The first-order chi connectivity index (χ1) is 22.0. The number of nitrogens with zero attached hydrogens (tertiary/aromatic N) is 2. The van der Waals surface area contributed by atoms with Crippen molar-refractivity contribution in [3.05, 3.63) is 83.6 Å². The minimum absolute atomic E-state index is 0.128. The Morgan fingerprint density at radius 1 is 0.978 bits per heavy atom. The average Bonchev–Trinajstić information content (AvgIpc) is 3.38. The minimum Gasteiger partial charge on any atom is -0.356 e. The summed E-state index contributed by atoms with van der Waals surface area (Å²) in [5.74, 6) is 0.128. The van der Waals surface area contributed by atoms with E-state index in [9.17, 15) is 18.1 Å². The van der Waals surface area contributed by atoms with Crippen molar-refractivity contribution in [1.29, 1.82) is 0 Å². The summed E-state index contributed by atoms with van der Waals surface area (Å²) in [7, 11) is 0. The maximum Gasteiger partial charge on any atom is 0.219 e. The van der Waals surface area contributed by atoms with Crippen LogP contribution in [0, 0.1) is 0 Å². The van der Waals surface area contributed by atoms with Crippen molar-refractivity contribution < 1.29 is 22.7 Å². The molecule has 0 saturated carbocycles. The summed E-state index contributed by atoms with van der Waals surface area (Å²) >= 11 is -1.27. The monoisotopic (exact) mass is 664 g/mol. The van der Waals surface area contributed by atoms with E-state index in [4.69, 9.17) is 0 Å². The molecule has 0 fully saturated rings. The first-order valence-electron chi connectivity index (χ1n) is 16.4. The maximum atomic E-state index is 12.1. The van der Waals surface area contributed by atoms with Gasteiger partial charge in [0.1, 0.15) is 6.54 Å². The molecule has 0 aromatic heterocycles. The topological polar surface area (TPSA) is 92.9 Å². The van der Waals surface area contributed by atoms with Gasteiger partial charge in [-0.1, -0.05) is 45.4 Å². The minimum atomic E-state index is -2.05. The molecule has 4 rings (SSSR count). The summed E-state index contributed by atoms with van der Waals surface area (Å²) in [6.45, 7) is 15.4. The summed E-state index contributed by atoms with van der Waals surface area (Å²) in [6, 6.07) is 11.7. The third-order valence-corrected chi connectivity index (χ3v) is 10.3. The number of nitrogens with one attached hydrogen (secondary N) is 1. The largest absolute Gasteiger partial charge is 0.356 e. The van der Waals surface area contributed by atoms with E-state index in [-0.39, 0.29) is 16.7 Å². The number of fused-ring (bicyclic) bond motifs is 2. The van der Waals surface area contributed by atoms with E-state index in [1.54, 1.807) is 6.07 Å². The zero-order valence-corrected chi connectivity index (χ0v) is 29.8.